The first kappa shape index (κ1) is 12.2. The Kier molecular flexibility index (Phi) is 5.32. The quantitative estimate of drug-likeness (QED) is 0.489. The first-order chi connectivity index (χ1) is 7.24. The molecular formula is C11H19NO3. The van der Waals surface area contributed by atoms with Crippen LogP contribution in [-0.4, -0.2) is 23.5 Å². The number of hydrogen-bond donors (Lipinski definition) is 2. The van der Waals surface area contributed by atoms with E-state index in [-0.39, 0.29) is 24.3 Å². The van der Waals surface area contributed by atoms with E-state index < -0.39 is 0 Å². The lowest BCUT2D eigenvalue weighted by molar-refractivity contribution is -0.125. The van der Waals surface area contributed by atoms with Gasteiger partial charge in [-0.2, -0.15) is 0 Å². The van der Waals surface area contributed by atoms with Crippen molar-refractivity contribution >= 4 is 11.8 Å². The van der Waals surface area contributed by atoms with E-state index in [4.69, 9.17) is 5.11 Å². The summed E-state index contributed by atoms with van der Waals surface area (Å²) in [5, 5.41) is 10.9. The third-order valence-electron chi connectivity index (χ3n) is 2.78. The molecule has 0 saturated carbocycles. The largest absolute Gasteiger partial charge is 0.396 e. The second kappa shape index (κ2) is 6.56. The maximum Gasteiger partial charge on any atom is 0.230 e. The summed E-state index contributed by atoms with van der Waals surface area (Å²) in [6.45, 7) is 0.263. The van der Waals surface area contributed by atoms with Gasteiger partial charge in [-0.15, -0.1) is 0 Å². The van der Waals surface area contributed by atoms with Crippen molar-refractivity contribution in [3.8, 4) is 0 Å². The lowest BCUT2D eigenvalue weighted by Crippen LogP contribution is -2.21. The molecule has 1 unspecified atom stereocenters. The third-order valence-corrected chi connectivity index (χ3v) is 2.78. The van der Waals surface area contributed by atoms with Gasteiger partial charge in [0.15, 0.2) is 0 Å². The van der Waals surface area contributed by atoms with Gasteiger partial charge in [0, 0.05) is 18.9 Å². The number of rotatable bonds is 7. The molecule has 0 spiro atoms. The predicted octanol–water partition coefficient (Wildman–Crippen LogP) is 0.982. The highest BCUT2D eigenvalue weighted by atomic mass is 16.3. The van der Waals surface area contributed by atoms with E-state index in [0.717, 1.165) is 38.5 Å². The standard InChI is InChI=1S/C11H19NO3/c13-7-5-3-1-2-4-6-9-8-10(14)12-11(9)15/h9,13H,1-8H2,(H,12,14,15). The van der Waals surface area contributed by atoms with Crippen LogP contribution < -0.4 is 5.32 Å². The number of carbonyl (C=O) groups is 2. The Balaban J connectivity index is 2.00. The molecule has 86 valence electrons. The summed E-state index contributed by atoms with van der Waals surface area (Å²) < 4.78 is 0. The van der Waals surface area contributed by atoms with Gasteiger partial charge in [0.25, 0.3) is 0 Å². The topological polar surface area (TPSA) is 66.4 Å². The molecule has 1 fully saturated rings. The molecule has 1 aliphatic rings. The van der Waals surface area contributed by atoms with Crippen LogP contribution in [0.25, 0.3) is 0 Å². The second-order valence-corrected chi connectivity index (χ2v) is 4.09. The van der Waals surface area contributed by atoms with E-state index in [1.807, 2.05) is 0 Å². The number of imide groups is 1. The Hall–Kier alpha value is -0.900. The minimum Gasteiger partial charge on any atom is -0.396 e. The zero-order valence-corrected chi connectivity index (χ0v) is 9.00. The molecule has 0 radical (unpaired) electrons. The van der Waals surface area contributed by atoms with Crippen LogP contribution in [0.4, 0.5) is 0 Å². The van der Waals surface area contributed by atoms with Gasteiger partial charge in [-0.1, -0.05) is 25.7 Å². The first-order valence-electron chi connectivity index (χ1n) is 5.68. The molecule has 4 nitrogen and oxygen atoms in total. The average molecular weight is 213 g/mol. The fourth-order valence-electron chi connectivity index (χ4n) is 1.87. The van der Waals surface area contributed by atoms with Crippen molar-refractivity contribution in [1.29, 1.82) is 0 Å². The zero-order chi connectivity index (χ0) is 11.1. The average Bonchev–Trinajstić information content (AvgIpc) is 2.51. The summed E-state index contributed by atoms with van der Waals surface area (Å²) >= 11 is 0. The van der Waals surface area contributed by atoms with Crippen molar-refractivity contribution in [2.75, 3.05) is 6.61 Å². The van der Waals surface area contributed by atoms with Crippen LogP contribution in [0.5, 0.6) is 0 Å². The van der Waals surface area contributed by atoms with E-state index in [0.29, 0.717) is 6.42 Å². The van der Waals surface area contributed by atoms with Gasteiger partial charge in [-0.3, -0.25) is 14.9 Å². The van der Waals surface area contributed by atoms with Crippen LogP contribution in [0.3, 0.4) is 0 Å². The molecule has 0 aromatic rings. The van der Waals surface area contributed by atoms with Crippen molar-refractivity contribution in [3.63, 3.8) is 0 Å². The van der Waals surface area contributed by atoms with Crippen molar-refractivity contribution in [3.05, 3.63) is 0 Å². The molecule has 0 bridgehead atoms. The van der Waals surface area contributed by atoms with E-state index in [1.165, 1.54) is 0 Å². The number of hydrogen-bond acceptors (Lipinski definition) is 3. The number of unbranched alkanes of at least 4 members (excludes halogenated alkanes) is 4. The SMILES string of the molecule is O=C1CC(CCCCCCCO)C(=O)N1. The molecule has 4 heteroatoms. The number of aliphatic hydroxyl groups is 1. The summed E-state index contributed by atoms with van der Waals surface area (Å²) in [6, 6.07) is 0. The molecule has 15 heavy (non-hydrogen) atoms. The molecule has 1 atom stereocenters. The number of amides is 2. The van der Waals surface area contributed by atoms with Crippen molar-refractivity contribution in [2.24, 2.45) is 5.92 Å². The third kappa shape index (κ3) is 4.42. The van der Waals surface area contributed by atoms with Crippen LogP contribution in [0.1, 0.15) is 44.9 Å². The van der Waals surface area contributed by atoms with E-state index in [1.54, 1.807) is 0 Å². The molecule has 0 aliphatic carbocycles. The van der Waals surface area contributed by atoms with Crippen LogP contribution in [0, 0.1) is 5.92 Å². The van der Waals surface area contributed by atoms with Gasteiger partial charge in [-0.05, 0) is 12.8 Å². The van der Waals surface area contributed by atoms with Crippen LogP contribution in [0.15, 0.2) is 0 Å². The van der Waals surface area contributed by atoms with Crippen molar-refractivity contribution in [1.82, 2.24) is 5.32 Å². The summed E-state index contributed by atoms with van der Waals surface area (Å²) in [5.41, 5.74) is 0. The molecule has 1 heterocycles. The van der Waals surface area contributed by atoms with Gasteiger partial charge < -0.3 is 5.11 Å². The maximum atomic E-state index is 11.2. The Morgan fingerprint density at radius 1 is 1.13 bits per heavy atom. The molecular weight excluding hydrogens is 194 g/mol. The molecule has 0 aromatic carbocycles. The van der Waals surface area contributed by atoms with Crippen molar-refractivity contribution < 1.29 is 14.7 Å². The highest BCUT2D eigenvalue weighted by Crippen LogP contribution is 2.18. The Labute approximate surface area is 90.0 Å². The fourth-order valence-corrected chi connectivity index (χ4v) is 1.87. The van der Waals surface area contributed by atoms with Gasteiger partial charge >= 0.3 is 0 Å². The van der Waals surface area contributed by atoms with E-state index >= 15 is 0 Å². The number of nitrogens with one attached hydrogen (secondary N) is 1. The Morgan fingerprint density at radius 3 is 2.40 bits per heavy atom. The van der Waals surface area contributed by atoms with Crippen LogP contribution in [-0.2, 0) is 9.59 Å². The molecule has 0 aromatic heterocycles. The number of aliphatic hydroxyl groups excluding tert-OH is 1. The molecule has 1 aliphatic heterocycles. The van der Waals surface area contributed by atoms with Gasteiger partial charge in [0.1, 0.15) is 0 Å². The summed E-state index contributed by atoms with van der Waals surface area (Å²) in [6.07, 6.45) is 6.28. The van der Waals surface area contributed by atoms with E-state index in [9.17, 15) is 9.59 Å². The van der Waals surface area contributed by atoms with Gasteiger partial charge in [0.05, 0.1) is 0 Å². The van der Waals surface area contributed by atoms with Crippen LogP contribution in [0.2, 0.25) is 0 Å². The smallest absolute Gasteiger partial charge is 0.230 e. The van der Waals surface area contributed by atoms with Gasteiger partial charge in [-0.25, -0.2) is 0 Å². The first-order valence-corrected chi connectivity index (χ1v) is 5.68. The molecule has 2 amide bonds. The summed E-state index contributed by atoms with van der Waals surface area (Å²) in [7, 11) is 0. The number of carbonyl (C=O) groups excluding carboxylic acids is 2. The fraction of sp³-hybridized carbons (Fsp3) is 0.818. The predicted molar refractivity (Wildman–Crippen MR) is 56.0 cm³/mol. The lowest BCUT2D eigenvalue weighted by atomic mass is 9.99. The minimum absolute atomic E-state index is 0.0876. The monoisotopic (exact) mass is 213 g/mol. The summed E-state index contributed by atoms with van der Waals surface area (Å²) in [5.74, 6) is -0.323. The maximum absolute atomic E-state index is 11.2. The van der Waals surface area contributed by atoms with Gasteiger partial charge in [0.2, 0.25) is 11.8 Å². The normalized spacial score (nSPS) is 20.7. The Morgan fingerprint density at radius 2 is 1.80 bits per heavy atom. The van der Waals surface area contributed by atoms with Crippen molar-refractivity contribution in [2.45, 2.75) is 44.9 Å². The van der Waals surface area contributed by atoms with E-state index in [2.05, 4.69) is 5.32 Å². The van der Waals surface area contributed by atoms with Crippen LogP contribution >= 0.6 is 0 Å². The minimum atomic E-state index is -0.134. The Bertz CT molecular complexity index is 228. The molecule has 1 rings (SSSR count). The highest BCUT2D eigenvalue weighted by Gasteiger charge is 2.29. The second-order valence-electron chi connectivity index (χ2n) is 4.09. The molecule has 2 N–H and O–H groups in total. The zero-order valence-electron chi connectivity index (χ0n) is 9.00. The molecule has 1 saturated heterocycles. The summed E-state index contributed by atoms with van der Waals surface area (Å²) in [4.78, 5) is 22.1. The lowest BCUT2D eigenvalue weighted by Gasteiger charge is -2.04. The highest BCUT2D eigenvalue weighted by molar-refractivity contribution is 6.03.